The molecule has 1 aliphatic carbocycles. The Balaban J connectivity index is 1.97. The minimum Gasteiger partial charge on any atom is -0.162 e. The fourth-order valence-electron chi connectivity index (χ4n) is 2.18. The van der Waals surface area contributed by atoms with Gasteiger partial charge in [0, 0.05) is 0 Å². The first-order chi connectivity index (χ1) is 4.47. The molecule has 0 N–H and O–H groups in total. The lowest BCUT2D eigenvalue weighted by molar-refractivity contribution is 0.405. The van der Waals surface area contributed by atoms with E-state index < -0.39 is 0 Å². The van der Waals surface area contributed by atoms with Crippen LogP contribution in [0.1, 0.15) is 25.7 Å². The van der Waals surface area contributed by atoms with E-state index >= 15 is 0 Å². The quantitative estimate of drug-likeness (QED) is 0.501. The van der Waals surface area contributed by atoms with Crippen LogP contribution in [0.5, 0.6) is 0 Å². The van der Waals surface area contributed by atoms with Crippen molar-refractivity contribution in [3.05, 3.63) is 0 Å². The summed E-state index contributed by atoms with van der Waals surface area (Å²) in [5.74, 6) is 5.20. The number of rotatable bonds is 0. The Hall–Kier alpha value is 0.350. The number of hydrogen-bond donors (Lipinski definition) is 0. The largest absolute Gasteiger partial charge is 0.162 e. The summed E-state index contributed by atoms with van der Waals surface area (Å²) in [4.78, 5) is 0. The van der Waals surface area contributed by atoms with E-state index in [0.29, 0.717) is 0 Å². The second-order valence-corrected chi connectivity index (χ2v) is 4.46. The van der Waals surface area contributed by atoms with Crippen LogP contribution in [0.4, 0.5) is 0 Å². The predicted molar refractivity (Wildman–Crippen MR) is 42.8 cm³/mol. The summed E-state index contributed by atoms with van der Waals surface area (Å²) in [5.41, 5.74) is 0. The van der Waals surface area contributed by atoms with Gasteiger partial charge in [0.2, 0.25) is 0 Å². The third kappa shape index (κ3) is 1.12. The molecule has 2 atom stereocenters. The average molecular weight is 142 g/mol. The molecule has 0 amide bonds. The van der Waals surface area contributed by atoms with Crippen LogP contribution in [0.2, 0.25) is 0 Å². The van der Waals surface area contributed by atoms with Gasteiger partial charge in [-0.2, -0.15) is 11.8 Å². The number of hydrogen-bond acceptors (Lipinski definition) is 1. The molecule has 1 saturated carbocycles. The van der Waals surface area contributed by atoms with Crippen molar-refractivity contribution in [2.45, 2.75) is 25.7 Å². The van der Waals surface area contributed by atoms with E-state index in [2.05, 4.69) is 11.8 Å². The van der Waals surface area contributed by atoms with Crippen molar-refractivity contribution >= 4 is 11.8 Å². The molecular formula is C8H14S. The van der Waals surface area contributed by atoms with Crippen LogP contribution in [0.3, 0.4) is 0 Å². The highest BCUT2D eigenvalue weighted by Gasteiger charge is 2.29. The van der Waals surface area contributed by atoms with Crippen molar-refractivity contribution in [3.8, 4) is 0 Å². The second-order valence-electron chi connectivity index (χ2n) is 3.31. The van der Waals surface area contributed by atoms with E-state index in [1.807, 2.05) is 0 Å². The lowest BCUT2D eigenvalue weighted by Gasteiger charge is -2.23. The fraction of sp³-hybridized carbons (Fsp3) is 1.00. The maximum Gasteiger partial charge on any atom is -0.00365 e. The Bertz CT molecular complexity index is 88.7. The van der Waals surface area contributed by atoms with E-state index in [9.17, 15) is 0 Å². The lowest BCUT2D eigenvalue weighted by Crippen LogP contribution is -2.16. The van der Waals surface area contributed by atoms with Gasteiger partial charge in [0.1, 0.15) is 0 Å². The van der Waals surface area contributed by atoms with E-state index in [1.54, 1.807) is 6.42 Å². The monoisotopic (exact) mass is 142 g/mol. The van der Waals surface area contributed by atoms with Gasteiger partial charge in [-0.25, -0.2) is 0 Å². The Morgan fingerprint density at radius 3 is 2.78 bits per heavy atom. The molecule has 0 radical (unpaired) electrons. The summed E-state index contributed by atoms with van der Waals surface area (Å²) >= 11 is 2.17. The van der Waals surface area contributed by atoms with Crippen molar-refractivity contribution in [1.82, 2.24) is 0 Å². The van der Waals surface area contributed by atoms with Crippen molar-refractivity contribution in [3.63, 3.8) is 0 Å². The molecule has 0 aromatic carbocycles. The minimum atomic E-state index is 1.13. The summed E-state index contributed by atoms with van der Waals surface area (Å²) < 4.78 is 0. The van der Waals surface area contributed by atoms with E-state index in [-0.39, 0.29) is 0 Å². The summed E-state index contributed by atoms with van der Waals surface area (Å²) in [6.45, 7) is 0. The van der Waals surface area contributed by atoms with Crippen molar-refractivity contribution in [1.29, 1.82) is 0 Å². The molecule has 0 aromatic heterocycles. The van der Waals surface area contributed by atoms with E-state index in [1.165, 1.54) is 30.8 Å². The average Bonchev–Trinajstić information content (AvgIpc) is 2.33. The molecule has 2 fully saturated rings. The molecule has 1 heterocycles. The standard InChI is InChI=1S/C8H14S/c1-2-7-4-5-9-6-8(7)3-1/h7-8H,1-6H2/t7-,8-/m1/s1. The fourth-order valence-corrected chi connectivity index (χ4v) is 3.56. The molecule has 0 aromatic rings. The first-order valence-corrected chi connectivity index (χ1v) is 5.20. The van der Waals surface area contributed by atoms with Crippen LogP contribution >= 0.6 is 11.8 Å². The topological polar surface area (TPSA) is 0 Å². The Labute approximate surface area is 61.4 Å². The molecule has 0 unspecified atom stereocenters. The van der Waals surface area contributed by atoms with Gasteiger partial charge in [-0.1, -0.05) is 12.8 Å². The van der Waals surface area contributed by atoms with Gasteiger partial charge in [0.05, 0.1) is 0 Å². The van der Waals surface area contributed by atoms with Gasteiger partial charge in [0.15, 0.2) is 0 Å². The highest BCUT2D eigenvalue weighted by atomic mass is 32.2. The molecule has 0 nitrogen and oxygen atoms in total. The maximum absolute atomic E-state index is 2.17. The van der Waals surface area contributed by atoms with Crippen LogP contribution in [0.15, 0.2) is 0 Å². The van der Waals surface area contributed by atoms with Gasteiger partial charge < -0.3 is 0 Å². The molecule has 1 saturated heterocycles. The smallest absolute Gasteiger partial charge is 0.00365 e. The SMILES string of the molecule is C1C[C@@H]2CCSC[C@H]2C1. The lowest BCUT2D eigenvalue weighted by atomic mass is 9.95. The molecule has 1 aliphatic heterocycles. The van der Waals surface area contributed by atoms with Crippen LogP contribution in [0.25, 0.3) is 0 Å². The van der Waals surface area contributed by atoms with E-state index in [0.717, 1.165) is 11.8 Å². The second kappa shape index (κ2) is 2.53. The Kier molecular flexibility index (Phi) is 1.71. The zero-order valence-corrected chi connectivity index (χ0v) is 6.62. The molecule has 2 rings (SSSR count). The number of fused-ring (bicyclic) bond motifs is 1. The molecule has 2 aliphatic rings. The van der Waals surface area contributed by atoms with E-state index in [4.69, 9.17) is 0 Å². The molecular weight excluding hydrogens is 128 g/mol. The Morgan fingerprint density at radius 2 is 1.89 bits per heavy atom. The van der Waals surface area contributed by atoms with Gasteiger partial charge >= 0.3 is 0 Å². The van der Waals surface area contributed by atoms with Crippen molar-refractivity contribution < 1.29 is 0 Å². The van der Waals surface area contributed by atoms with Crippen molar-refractivity contribution in [2.75, 3.05) is 11.5 Å². The van der Waals surface area contributed by atoms with Crippen LogP contribution in [-0.2, 0) is 0 Å². The predicted octanol–water partition coefficient (Wildman–Crippen LogP) is 2.54. The minimum absolute atomic E-state index is 1.13. The molecule has 9 heavy (non-hydrogen) atoms. The third-order valence-corrected chi connectivity index (χ3v) is 3.97. The highest BCUT2D eigenvalue weighted by Crippen LogP contribution is 2.40. The summed E-state index contributed by atoms with van der Waals surface area (Å²) in [7, 11) is 0. The van der Waals surface area contributed by atoms with Gasteiger partial charge in [0.25, 0.3) is 0 Å². The number of thioether (sulfide) groups is 1. The molecule has 52 valence electrons. The normalized spacial score (nSPS) is 42.7. The molecule has 0 spiro atoms. The van der Waals surface area contributed by atoms with Gasteiger partial charge in [-0.15, -0.1) is 0 Å². The van der Waals surface area contributed by atoms with Crippen LogP contribution in [-0.4, -0.2) is 11.5 Å². The third-order valence-electron chi connectivity index (χ3n) is 2.78. The molecule has 0 bridgehead atoms. The first-order valence-electron chi connectivity index (χ1n) is 4.04. The summed E-state index contributed by atoms with van der Waals surface area (Å²) in [6.07, 6.45) is 6.13. The zero-order chi connectivity index (χ0) is 6.10. The Morgan fingerprint density at radius 1 is 1.00 bits per heavy atom. The van der Waals surface area contributed by atoms with Crippen LogP contribution in [0, 0.1) is 11.8 Å². The zero-order valence-electron chi connectivity index (χ0n) is 5.81. The van der Waals surface area contributed by atoms with Gasteiger partial charge in [-0.3, -0.25) is 0 Å². The van der Waals surface area contributed by atoms with Crippen LogP contribution < -0.4 is 0 Å². The van der Waals surface area contributed by atoms with Crippen molar-refractivity contribution in [2.24, 2.45) is 11.8 Å². The molecule has 1 heteroatoms. The van der Waals surface area contributed by atoms with Gasteiger partial charge in [-0.05, 0) is 36.2 Å². The summed E-state index contributed by atoms with van der Waals surface area (Å²) in [6, 6.07) is 0. The summed E-state index contributed by atoms with van der Waals surface area (Å²) in [5, 5.41) is 0. The first kappa shape index (κ1) is 6.09. The maximum atomic E-state index is 2.17. The highest BCUT2D eigenvalue weighted by molar-refractivity contribution is 7.99.